The Morgan fingerprint density at radius 3 is 2.27 bits per heavy atom. The Morgan fingerprint density at radius 1 is 1.55 bits per heavy atom. The molecule has 2 nitrogen and oxygen atoms in total. The van der Waals surface area contributed by atoms with Crippen molar-refractivity contribution >= 4 is 17.7 Å². The van der Waals surface area contributed by atoms with Gasteiger partial charge in [0.2, 0.25) is 0 Å². The third-order valence-corrected chi connectivity index (χ3v) is 2.29. The molecule has 0 aliphatic heterocycles. The second-order valence-corrected chi connectivity index (χ2v) is 5.90. The molecule has 0 aliphatic rings. The minimum absolute atomic E-state index is 0.162. The first-order valence-corrected chi connectivity index (χ1v) is 4.59. The molecular formula is C8H16O2S. The van der Waals surface area contributed by atoms with Crippen LogP contribution in [-0.4, -0.2) is 21.1 Å². The highest BCUT2D eigenvalue weighted by Gasteiger charge is 2.17. The van der Waals surface area contributed by atoms with Crippen LogP contribution in [0.2, 0.25) is 0 Å². The fourth-order valence-electron chi connectivity index (χ4n) is 0.891. The Kier molecular flexibility index (Phi) is 3.93. The lowest BCUT2D eigenvalue weighted by Gasteiger charge is -2.21. The molecule has 1 atom stereocenters. The molecule has 0 bridgehead atoms. The van der Waals surface area contributed by atoms with Crippen LogP contribution in [-0.2, 0) is 4.79 Å². The van der Waals surface area contributed by atoms with Crippen LogP contribution in [0, 0.1) is 0 Å². The fourth-order valence-corrected chi connectivity index (χ4v) is 2.32. The minimum Gasteiger partial charge on any atom is -0.481 e. The molecule has 11 heavy (non-hydrogen) atoms. The summed E-state index contributed by atoms with van der Waals surface area (Å²) in [6, 6.07) is 0. The smallest absolute Gasteiger partial charge is 0.304 e. The first-order chi connectivity index (χ1) is 4.81. The maximum atomic E-state index is 10.3. The van der Waals surface area contributed by atoms with Crippen molar-refractivity contribution in [2.24, 2.45) is 0 Å². The maximum absolute atomic E-state index is 10.3. The second-order valence-electron chi connectivity index (χ2n) is 3.64. The Bertz CT molecular complexity index is 138. The molecule has 0 saturated carbocycles. The highest BCUT2D eigenvalue weighted by Crippen LogP contribution is 2.29. The van der Waals surface area contributed by atoms with E-state index < -0.39 is 5.97 Å². The van der Waals surface area contributed by atoms with Gasteiger partial charge in [0.25, 0.3) is 0 Å². The van der Waals surface area contributed by atoms with Crippen LogP contribution in [0.5, 0.6) is 0 Å². The third-order valence-electron chi connectivity index (χ3n) is 1.02. The molecule has 0 spiro atoms. The van der Waals surface area contributed by atoms with Crippen molar-refractivity contribution in [3.8, 4) is 0 Å². The molecule has 0 heterocycles. The van der Waals surface area contributed by atoms with Crippen LogP contribution in [0.3, 0.4) is 0 Å². The molecular weight excluding hydrogens is 160 g/mol. The van der Waals surface area contributed by atoms with Gasteiger partial charge in [0.05, 0.1) is 6.42 Å². The number of carboxylic acid groups (broad SMARTS) is 1. The van der Waals surface area contributed by atoms with Crippen molar-refractivity contribution in [2.75, 3.05) is 0 Å². The van der Waals surface area contributed by atoms with Gasteiger partial charge in [-0.1, -0.05) is 27.7 Å². The molecule has 1 N–H and O–H groups in total. The predicted octanol–water partition coefficient (Wildman–Crippen LogP) is 2.38. The van der Waals surface area contributed by atoms with Crippen LogP contribution in [0.1, 0.15) is 34.1 Å². The highest BCUT2D eigenvalue weighted by atomic mass is 32.2. The van der Waals surface area contributed by atoms with E-state index in [1.54, 1.807) is 11.8 Å². The zero-order valence-electron chi connectivity index (χ0n) is 7.55. The summed E-state index contributed by atoms with van der Waals surface area (Å²) >= 11 is 1.70. The average Bonchev–Trinajstić information content (AvgIpc) is 1.53. The van der Waals surface area contributed by atoms with Crippen molar-refractivity contribution < 1.29 is 9.90 Å². The average molecular weight is 176 g/mol. The molecule has 0 aliphatic carbocycles. The molecule has 1 unspecified atom stereocenters. The van der Waals surface area contributed by atoms with E-state index in [0.717, 1.165) is 0 Å². The maximum Gasteiger partial charge on any atom is 0.304 e. The van der Waals surface area contributed by atoms with Gasteiger partial charge in [0.15, 0.2) is 0 Å². The van der Waals surface area contributed by atoms with Gasteiger partial charge in [-0.25, -0.2) is 0 Å². The number of thioether (sulfide) groups is 1. The van der Waals surface area contributed by atoms with E-state index >= 15 is 0 Å². The van der Waals surface area contributed by atoms with Crippen LogP contribution in [0.4, 0.5) is 0 Å². The largest absolute Gasteiger partial charge is 0.481 e. The summed E-state index contributed by atoms with van der Waals surface area (Å²) in [7, 11) is 0. The van der Waals surface area contributed by atoms with Crippen LogP contribution in [0.25, 0.3) is 0 Å². The summed E-state index contributed by atoms with van der Waals surface area (Å²) in [5, 5.41) is 8.67. The summed E-state index contributed by atoms with van der Waals surface area (Å²) in [6.45, 7) is 8.23. The lowest BCUT2D eigenvalue weighted by atomic mass is 10.3. The normalized spacial score (nSPS) is 14.5. The van der Waals surface area contributed by atoms with Crippen molar-refractivity contribution in [2.45, 2.75) is 44.1 Å². The molecule has 0 saturated heterocycles. The Hall–Kier alpha value is -0.180. The lowest BCUT2D eigenvalue weighted by Crippen LogP contribution is -2.15. The quantitative estimate of drug-likeness (QED) is 0.717. The second kappa shape index (κ2) is 4.00. The van der Waals surface area contributed by atoms with Gasteiger partial charge in [0.1, 0.15) is 0 Å². The molecule has 0 rings (SSSR count). The number of aliphatic carboxylic acids is 1. The van der Waals surface area contributed by atoms with Crippen molar-refractivity contribution in [1.29, 1.82) is 0 Å². The number of hydrogen-bond acceptors (Lipinski definition) is 2. The monoisotopic (exact) mass is 176 g/mol. The van der Waals surface area contributed by atoms with E-state index in [1.165, 1.54) is 0 Å². The van der Waals surface area contributed by atoms with E-state index in [2.05, 4.69) is 20.8 Å². The van der Waals surface area contributed by atoms with Gasteiger partial charge in [-0.15, -0.1) is 0 Å². The third kappa shape index (κ3) is 7.72. The van der Waals surface area contributed by atoms with Gasteiger partial charge in [-0.3, -0.25) is 4.79 Å². The van der Waals surface area contributed by atoms with Crippen LogP contribution in [0.15, 0.2) is 0 Å². The van der Waals surface area contributed by atoms with Gasteiger partial charge >= 0.3 is 5.97 Å². The van der Waals surface area contributed by atoms with E-state index in [9.17, 15) is 4.79 Å². The van der Waals surface area contributed by atoms with Gasteiger partial charge in [-0.2, -0.15) is 11.8 Å². The predicted molar refractivity (Wildman–Crippen MR) is 49.1 cm³/mol. The molecule has 0 radical (unpaired) electrons. The topological polar surface area (TPSA) is 37.3 Å². The zero-order valence-corrected chi connectivity index (χ0v) is 8.36. The molecule has 0 aromatic carbocycles. The molecule has 0 fully saturated rings. The number of hydrogen-bond donors (Lipinski definition) is 1. The van der Waals surface area contributed by atoms with Crippen molar-refractivity contribution in [3.63, 3.8) is 0 Å². The first-order valence-electron chi connectivity index (χ1n) is 3.71. The molecule has 0 amide bonds. The van der Waals surface area contributed by atoms with Crippen molar-refractivity contribution in [3.05, 3.63) is 0 Å². The number of rotatable bonds is 3. The fraction of sp³-hybridized carbons (Fsp3) is 0.875. The summed E-state index contributed by atoms with van der Waals surface area (Å²) < 4.78 is 0.162. The van der Waals surface area contributed by atoms with E-state index in [0.29, 0.717) is 0 Å². The molecule has 3 heteroatoms. The summed E-state index contributed by atoms with van der Waals surface area (Å²) in [6.07, 6.45) is 0.252. The zero-order chi connectivity index (χ0) is 9.07. The molecule has 0 aromatic heterocycles. The van der Waals surface area contributed by atoms with Crippen LogP contribution < -0.4 is 0 Å². The first kappa shape index (κ1) is 10.8. The SMILES string of the molecule is CC(CC(=O)O)SC(C)(C)C. The van der Waals surface area contributed by atoms with E-state index in [-0.39, 0.29) is 16.4 Å². The summed E-state index contributed by atoms with van der Waals surface area (Å²) in [4.78, 5) is 10.3. The Morgan fingerprint density at radius 2 is 2.00 bits per heavy atom. The van der Waals surface area contributed by atoms with Crippen LogP contribution >= 0.6 is 11.8 Å². The standard InChI is InChI=1S/C8H16O2S/c1-6(5-7(9)10)11-8(2,3)4/h6H,5H2,1-4H3,(H,9,10). The summed E-state index contributed by atoms with van der Waals surface area (Å²) in [5.41, 5.74) is 0. The number of carboxylic acids is 1. The van der Waals surface area contributed by atoms with E-state index in [4.69, 9.17) is 5.11 Å². The lowest BCUT2D eigenvalue weighted by molar-refractivity contribution is -0.136. The van der Waals surface area contributed by atoms with E-state index in [1.807, 2.05) is 6.92 Å². The minimum atomic E-state index is -0.714. The van der Waals surface area contributed by atoms with Gasteiger partial charge in [-0.05, 0) is 0 Å². The van der Waals surface area contributed by atoms with Gasteiger partial charge in [0, 0.05) is 10.00 Å². The Balaban J connectivity index is 3.69. The highest BCUT2D eigenvalue weighted by molar-refractivity contribution is 8.01. The Labute approximate surface area is 72.4 Å². The van der Waals surface area contributed by atoms with Gasteiger partial charge < -0.3 is 5.11 Å². The van der Waals surface area contributed by atoms with Crippen molar-refractivity contribution in [1.82, 2.24) is 0 Å². The molecule has 0 aromatic rings. The number of carbonyl (C=O) groups is 1. The molecule has 66 valence electrons. The summed E-state index contributed by atoms with van der Waals surface area (Å²) in [5.74, 6) is -0.714.